The molecule has 3 atom stereocenters. The van der Waals surface area contributed by atoms with E-state index in [0.717, 1.165) is 25.0 Å². The van der Waals surface area contributed by atoms with E-state index in [2.05, 4.69) is 25.6 Å². The highest BCUT2D eigenvalue weighted by molar-refractivity contribution is 6.04. The zero-order chi connectivity index (χ0) is 21.0. The maximum atomic E-state index is 13.4. The van der Waals surface area contributed by atoms with Crippen LogP contribution in [0.4, 0.5) is 10.2 Å². The van der Waals surface area contributed by atoms with Gasteiger partial charge in [-0.15, -0.1) is 0 Å². The van der Waals surface area contributed by atoms with E-state index in [4.69, 9.17) is 15.2 Å². The van der Waals surface area contributed by atoms with Crippen LogP contribution >= 0.6 is 0 Å². The van der Waals surface area contributed by atoms with Crippen molar-refractivity contribution < 1.29 is 13.9 Å². The minimum atomic E-state index is -1.22. The highest BCUT2D eigenvalue weighted by atomic mass is 19.1. The van der Waals surface area contributed by atoms with Crippen molar-refractivity contribution in [1.82, 2.24) is 15.3 Å². The minimum Gasteiger partial charge on any atom is -0.476 e. The Morgan fingerprint density at radius 1 is 1.37 bits per heavy atom. The molecule has 3 heterocycles. The summed E-state index contributed by atoms with van der Waals surface area (Å²) in [5, 5.41) is 6.30. The van der Waals surface area contributed by atoms with Crippen molar-refractivity contribution in [2.45, 2.75) is 37.6 Å². The number of halogens is 1. The first-order valence-corrected chi connectivity index (χ1v) is 9.93. The summed E-state index contributed by atoms with van der Waals surface area (Å²) in [4.78, 5) is 12.9. The van der Waals surface area contributed by atoms with Gasteiger partial charge in [0.05, 0.1) is 12.3 Å². The molecule has 0 aliphatic carbocycles. The Morgan fingerprint density at radius 2 is 2.20 bits per heavy atom. The van der Waals surface area contributed by atoms with E-state index >= 15 is 0 Å². The first kappa shape index (κ1) is 20.2. The molecule has 1 fully saturated rings. The van der Waals surface area contributed by atoms with Crippen molar-refractivity contribution >= 4 is 11.7 Å². The van der Waals surface area contributed by atoms with Crippen LogP contribution in [0, 0.1) is 5.82 Å². The fourth-order valence-corrected chi connectivity index (χ4v) is 3.42. The number of nitrogens with zero attached hydrogens (tertiary/aromatic N) is 3. The molecule has 2 aliphatic rings. The lowest BCUT2D eigenvalue weighted by molar-refractivity contribution is 0.0328. The van der Waals surface area contributed by atoms with Gasteiger partial charge in [-0.3, -0.25) is 10.7 Å². The average molecular weight is 412 g/mol. The number of hydrogen-bond acceptors (Lipinski definition) is 8. The van der Waals surface area contributed by atoms with Crippen LogP contribution in [0.5, 0.6) is 0 Å². The van der Waals surface area contributed by atoms with Crippen LogP contribution in [0.2, 0.25) is 0 Å². The molecule has 0 saturated carbocycles. The second-order valence-corrected chi connectivity index (χ2v) is 7.39. The molecule has 30 heavy (non-hydrogen) atoms. The number of anilines is 1. The van der Waals surface area contributed by atoms with Gasteiger partial charge in [-0.1, -0.05) is 19.1 Å². The fourth-order valence-electron chi connectivity index (χ4n) is 3.42. The lowest BCUT2D eigenvalue weighted by Gasteiger charge is -2.37. The third-order valence-corrected chi connectivity index (χ3v) is 5.19. The van der Waals surface area contributed by atoms with Crippen LogP contribution < -0.4 is 16.4 Å². The molecule has 158 valence electrons. The fraction of sp³-hybridized carbons (Fsp3) is 0.381. The Morgan fingerprint density at radius 3 is 2.90 bits per heavy atom. The van der Waals surface area contributed by atoms with Gasteiger partial charge in [0, 0.05) is 31.0 Å². The predicted molar refractivity (Wildman–Crippen MR) is 111 cm³/mol. The van der Waals surface area contributed by atoms with Crippen molar-refractivity contribution in [1.29, 1.82) is 0 Å². The standard InChI is InChI=1S/C21H25FN6O2/c1-14(15-4-6-16(22)7-5-15)21(23)27-18(26-19-12-24-8-9-25-19)11-20(28-21)30-13-17-3-2-10-29-17/h4-9,11-12,14,17,28H,2-3,10,13,23H2,1H3,(H,25,26,27)/t14-,17?,21?/m0/s1. The van der Waals surface area contributed by atoms with E-state index in [-0.39, 0.29) is 17.8 Å². The number of hydrogen-bond donors (Lipinski definition) is 3. The largest absolute Gasteiger partial charge is 0.476 e. The number of rotatable bonds is 6. The van der Waals surface area contributed by atoms with E-state index in [0.29, 0.717) is 24.1 Å². The van der Waals surface area contributed by atoms with E-state index < -0.39 is 5.79 Å². The van der Waals surface area contributed by atoms with Gasteiger partial charge in [0.15, 0.2) is 11.7 Å². The van der Waals surface area contributed by atoms with Gasteiger partial charge in [0.2, 0.25) is 0 Å². The Hall–Kier alpha value is -3.04. The molecule has 9 heteroatoms. The Kier molecular flexibility index (Phi) is 5.91. The first-order chi connectivity index (χ1) is 14.5. The van der Waals surface area contributed by atoms with Gasteiger partial charge in [-0.25, -0.2) is 14.4 Å². The number of aromatic nitrogens is 2. The number of amidine groups is 1. The summed E-state index contributed by atoms with van der Waals surface area (Å²) in [6.07, 6.45) is 8.55. The quantitative estimate of drug-likeness (QED) is 0.669. The number of nitrogens with two attached hydrogens (primary N) is 1. The molecule has 0 spiro atoms. The van der Waals surface area contributed by atoms with Crippen LogP contribution in [0.25, 0.3) is 0 Å². The molecule has 4 N–H and O–H groups in total. The topological polar surface area (TPSA) is 107 Å². The third-order valence-electron chi connectivity index (χ3n) is 5.19. The summed E-state index contributed by atoms with van der Waals surface area (Å²) >= 11 is 0. The number of nitrogens with one attached hydrogen (secondary N) is 2. The highest BCUT2D eigenvalue weighted by Crippen LogP contribution is 2.29. The van der Waals surface area contributed by atoms with E-state index in [1.54, 1.807) is 36.8 Å². The van der Waals surface area contributed by atoms with Crippen LogP contribution in [0.3, 0.4) is 0 Å². The zero-order valence-corrected chi connectivity index (χ0v) is 16.7. The van der Waals surface area contributed by atoms with Gasteiger partial charge >= 0.3 is 0 Å². The second kappa shape index (κ2) is 8.76. The predicted octanol–water partition coefficient (Wildman–Crippen LogP) is 2.48. The van der Waals surface area contributed by atoms with Crippen LogP contribution in [-0.2, 0) is 9.47 Å². The van der Waals surface area contributed by atoms with Gasteiger partial charge in [0.1, 0.15) is 24.1 Å². The number of benzene rings is 1. The van der Waals surface area contributed by atoms with E-state index in [1.165, 1.54) is 12.1 Å². The lowest BCUT2D eigenvalue weighted by atomic mass is 9.93. The molecule has 0 amide bonds. The molecule has 8 nitrogen and oxygen atoms in total. The molecule has 2 aromatic rings. The van der Waals surface area contributed by atoms with Gasteiger partial charge in [0.25, 0.3) is 0 Å². The molecular formula is C21H25FN6O2. The molecule has 0 radical (unpaired) electrons. The molecule has 1 aromatic carbocycles. The molecular weight excluding hydrogens is 387 g/mol. The van der Waals surface area contributed by atoms with Crippen molar-refractivity contribution in [3.05, 3.63) is 66.2 Å². The molecule has 0 bridgehead atoms. The molecule has 1 aromatic heterocycles. The third kappa shape index (κ3) is 4.74. The summed E-state index contributed by atoms with van der Waals surface area (Å²) in [5.41, 5.74) is 7.51. The highest BCUT2D eigenvalue weighted by Gasteiger charge is 2.37. The normalized spacial score (nSPS) is 24.4. The Balaban J connectivity index is 1.58. The number of aliphatic imine (C=N–C) groups is 1. The lowest BCUT2D eigenvalue weighted by Crippen LogP contribution is -2.58. The van der Waals surface area contributed by atoms with Crippen molar-refractivity contribution in [2.75, 3.05) is 18.5 Å². The van der Waals surface area contributed by atoms with Crippen LogP contribution in [0.15, 0.2) is 59.8 Å². The molecule has 1 saturated heterocycles. The van der Waals surface area contributed by atoms with Crippen molar-refractivity contribution in [3.63, 3.8) is 0 Å². The second-order valence-electron chi connectivity index (χ2n) is 7.39. The van der Waals surface area contributed by atoms with Crippen LogP contribution in [-0.4, -0.2) is 40.9 Å². The van der Waals surface area contributed by atoms with Gasteiger partial charge in [-0.05, 0) is 30.5 Å². The maximum absolute atomic E-state index is 13.4. The van der Waals surface area contributed by atoms with Crippen molar-refractivity contribution in [2.24, 2.45) is 10.7 Å². The minimum absolute atomic E-state index is 0.0599. The van der Waals surface area contributed by atoms with Crippen LogP contribution in [0.1, 0.15) is 31.2 Å². The molecule has 2 aliphatic heterocycles. The Bertz CT molecular complexity index is 915. The summed E-state index contributed by atoms with van der Waals surface area (Å²) in [6, 6.07) is 6.22. The summed E-state index contributed by atoms with van der Waals surface area (Å²) in [6.45, 7) is 3.09. The van der Waals surface area contributed by atoms with Gasteiger partial charge < -0.3 is 20.1 Å². The number of ether oxygens (including phenoxy) is 2. The Labute approximate surface area is 174 Å². The SMILES string of the molecule is C[C@@H](c1ccc(F)cc1)C1(N)N=C(Nc2cnccn2)C=C(OCC2CCCO2)N1. The summed E-state index contributed by atoms with van der Waals surface area (Å²) in [5.74, 6) is -0.321. The van der Waals surface area contributed by atoms with Crippen molar-refractivity contribution in [3.8, 4) is 0 Å². The maximum Gasteiger partial charge on any atom is 0.193 e. The van der Waals surface area contributed by atoms with Gasteiger partial charge in [-0.2, -0.15) is 0 Å². The summed E-state index contributed by atoms with van der Waals surface area (Å²) in [7, 11) is 0. The molecule has 4 rings (SSSR count). The average Bonchev–Trinajstić information content (AvgIpc) is 3.26. The zero-order valence-electron chi connectivity index (χ0n) is 16.7. The smallest absolute Gasteiger partial charge is 0.193 e. The molecule has 2 unspecified atom stereocenters. The monoisotopic (exact) mass is 412 g/mol. The first-order valence-electron chi connectivity index (χ1n) is 9.93. The summed E-state index contributed by atoms with van der Waals surface area (Å²) < 4.78 is 25.0. The van der Waals surface area contributed by atoms with E-state index in [1.807, 2.05) is 6.92 Å². The van der Waals surface area contributed by atoms with E-state index in [9.17, 15) is 4.39 Å².